The first-order valence-electron chi connectivity index (χ1n) is 10.8. The summed E-state index contributed by atoms with van der Waals surface area (Å²) in [6, 6.07) is 17.5. The Morgan fingerprint density at radius 2 is 1.58 bits per heavy atom. The number of rotatable bonds is 6. The van der Waals surface area contributed by atoms with Gasteiger partial charge in [-0.25, -0.2) is 0 Å². The fraction of sp³-hybridized carbons (Fsp3) is 0.192. The van der Waals surface area contributed by atoms with Crippen molar-refractivity contribution in [3.8, 4) is 16.9 Å². The van der Waals surface area contributed by atoms with E-state index in [4.69, 9.17) is 0 Å². The van der Waals surface area contributed by atoms with Gasteiger partial charge in [-0.15, -0.1) is 11.3 Å². The lowest BCUT2D eigenvalue weighted by Gasteiger charge is -2.24. The zero-order valence-corrected chi connectivity index (χ0v) is 19.3. The molecule has 0 aliphatic carbocycles. The van der Waals surface area contributed by atoms with Gasteiger partial charge in [-0.05, 0) is 46.8 Å². The van der Waals surface area contributed by atoms with Crippen LogP contribution in [0.5, 0.6) is 5.75 Å². The summed E-state index contributed by atoms with van der Waals surface area (Å²) < 4.78 is 80.2. The summed E-state index contributed by atoms with van der Waals surface area (Å²) >= 11 is 1.33. The van der Waals surface area contributed by atoms with Crippen molar-refractivity contribution >= 4 is 33.0 Å². The molecule has 4 rings (SSSR count). The van der Waals surface area contributed by atoms with Gasteiger partial charge in [-0.1, -0.05) is 42.5 Å². The van der Waals surface area contributed by atoms with Gasteiger partial charge in [0.15, 0.2) is 0 Å². The number of anilines is 1. The molecule has 3 aromatic carbocycles. The summed E-state index contributed by atoms with van der Waals surface area (Å²) in [7, 11) is 0. The van der Waals surface area contributed by atoms with E-state index >= 15 is 0 Å². The zero-order chi connectivity index (χ0) is 26.1. The molecule has 188 valence electrons. The third-order valence-corrected chi connectivity index (χ3v) is 6.62. The van der Waals surface area contributed by atoms with Crippen LogP contribution in [0.25, 0.3) is 21.2 Å². The molecular weight excluding hydrogens is 504 g/mol. The third-order valence-electron chi connectivity index (χ3n) is 5.52. The minimum absolute atomic E-state index is 0.0562. The molecule has 4 aromatic rings. The summed E-state index contributed by atoms with van der Waals surface area (Å²) in [5.74, 6) is -1.36. The van der Waals surface area contributed by atoms with Crippen LogP contribution in [0.1, 0.15) is 23.3 Å². The van der Waals surface area contributed by atoms with Crippen LogP contribution in [-0.4, -0.2) is 17.2 Å². The van der Waals surface area contributed by atoms with Crippen LogP contribution in [0.15, 0.2) is 72.8 Å². The number of fused-ring (bicyclic) bond motifs is 1. The van der Waals surface area contributed by atoms with Crippen molar-refractivity contribution in [1.29, 1.82) is 0 Å². The van der Waals surface area contributed by atoms with Gasteiger partial charge in [0.2, 0.25) is 5.91 Å². The number of phenols is 1. The molecule has 1 aromatic heterocycles. The fourth-order valence-electron chi connectivity index (χ4n) is 3.85. The molecule has 0 fully saturated rings. The Hall–Kier alpha value is -3.53. The van der Waals surface area contributed by atoms with Crippen molar-refractivity contribution < 1.29 is 36.2 Å². The smallest absolute Gasteiger partial charge is 0.417 e. The highest BCUT2D eigenvalue weighted by molar-refractivity contribution is 7.19. The number of halogens is 6. The number of nitrogens with zero attached hydrogens (tertiary/aromatic N) is 1. The summed E-state index contributed by atoms with van der Waals surface area (Å²) in [6.07, 6.45) is -11.5. The van der Waals surface area contributed by atoms with Gasteiger partial charge in [-0.2, -0.15) is 26.3 Å². The maximum atomic E-state index is 13.6. The quantitative estimate of drug-likeness (QED) is 0.259. The molecule has 36 heavy (non-hydrogen) atoms. The van der Waals surface area contributed by atoms with Crippen molar-refractivity contribution in [2.75, 3.05) is 4.90 Å². The second kappa shape index (κ2) is 9.85. The summed E-state index contributed by atoms with van der Waals surface area (Å²) in [4.78, 5) is 14.6. The number of hydrogen-bond donors (Lipinski definition) is 1. The first-order chi connectivity index (χ1) is 16.9. The second-order valence-electron chi connectivity index (χ2n) is 8.09. The lowest BCUT2D eigenvalue weighted by Crippen LogP contribution is -2.31. The zero-order valence-electron chi connectivity index (χ0n) is 18.5. The molecule has 1 amide bonds. The number of thiophene rings is 1. The highest BCUT2D eigenvalue weighted by Crippen LogP contribution is 2.41. The topological polar surface area (TPSA) is 40.5 Å². The van der Waals surface area contributed by atoms with Gasteiger partial charge in [-0.3, -0.25) is 4.79 Å². The predicted molar refractivity (Wildman–Crippen MR) is 127 cm³/mol. The van der Waals surface area contributed by atoms with E-state index in [2.05, 4.69) is 0 Å². The molecule has 0 aliphatic heterocycles. The Balaban J connectivity index is 1.78. The molecule has 0 saturated heterocycles. The predicted octanol–water partition coefficient (Wildman–Crippen LogP) is 8.17. The molecule has 0 aliphatic rings. The van der Waals surface area contributed by atoms with Gasteiger partial charge < -0.3 is 10.0 Å². The lowest BCUT2D eigenvalue weighted by molar-refractivity contribution is -0.143. The summed E-state index contributed by atoms with van der Waals surface area (Å²) in [5, 5.41) is 11.4. The van der Waals surface area contributed by atoms with Crippen LogP contribution in [0.3, 0.4) is 0 Å². The summed E-state index contributed by atoms with van der Waals surface area (Å²) in [6.45, 7) is -0.159. The van der Waals surface area contributed by atoms with E-state index < -0.39 is 42.4 Å². The number of amides is 1. The first kappa shape index (κ1) is 25.6. The van der Waals surface area contributed by atoms with Crippen molar-refractivity contribution in [3.05, 3.63) is 83.2 Å². The largest absolute Gasteiger partial charge is 0.506 e. The molecular formula is C26H19F6NO2S. The van der Waals surface area contributed by atoms with Crippen LogP contribution in [0.4, 0.5) is 32.0 Å². The van der Waals surface area contributed by atoms with E-state index in [0.717, 1.165) is 27.1 Å². The van der Waals surface area contributed by atoms with Crippen LogP contribution in [0, 0.1) is 0 Å². The van der Waals surface area contributed by atoms with E-state index in [0.29, 0.717) is 4.88 Å². The maximum absolute atomic E-state index is 13.6. The third kappa shape index (κ3) is 5.81. The standard InChI is InChI=1S/C26H19F6NO2S/c27-25(28,29)12-11-24(35)33(15-18-13-17-5-1-4-8-23(17)36-18)21-14-16(9-10-22(21)34)19-6-2-3-7-20(19)26(30,31)32/h1-10,13-14,34H,11-12,15H2. The Morgan fingerprint density at radius 3 is 2.28 bits per heavy atom. The van der Waals surface area contributed by atoms with Crippen LogP contribution < -0.4 is 4.90 Å². The van der Waals surface area contributed by atoms with Crippen molar-refractivity contribution in [3.63, 3.8) is 0 Å². The molecule has 0 radical (unpaired) electrons. The van der Waals surface area contributed by atoms with Gasteiger partial charge >= 0.3 is 12.4 Å². The normalized spacial score (nSPS) is 12.2. The van der Waals surface area contributed by atoms with Gasteiger partial charge in [0.25, 0.3) is 0 Å². The van der Waals surface area contributed by atoms with E-state index in [1.54, 1.807) is 6.07 Å². The van der Waals surface area contributed by atoms with Gasteiger partial charge in [0.1, 0.15) is 5.75 Å². The van der Waals surface area contributed by atoms with Gasteiger partial charge in [0.05, 0.1) is 24.2 Å². The first-order valence-corrected chi connectivity index (χ1v) is 11.6. The maximum Gasteiger partial charge on any atom is 0.417 e. The number of alkyl halides is 6. The van der Waals surface area contributed by atoms with E-state index in [-0.39, 0.29) is 23.4 Å². The molecule has 1 heterocycles. The number of hydrogen-bond acceptors (Lipinski definition) is 3. The minimum atomic E-state index is -4.66. The number of carbonyl (C=O) groups is 1. The second-order valence-corrected chi connectivity index (χ2v) is 9.26. The van der Waals surface area contributed by atoms with E-state index in [1.807, 2.05) is 24.3 Å². The average molecular weight is 523 g/mol. The summed E-state index contributed by atoms with van der Waals surface area (Å²) in [5.41, 5.74) is -1.22. The molecule has 0 saturated carbocycles. The monoisotopic (exact) mass is 523 g/mol. The number of carbonyl (C=O) groups excluding carboxylic acids is 1. The van der Waals surface area contributed by atoms with Crippen molar-refractivity contribution in [2.45, 2.75) is 31.7 Å². The van der Waals surface area contributed by atoms with Crippen LogP contribution in [-0.2, 0) is 17.5 Å². The molecule has 0 spiro atoms. The molecule has 10 heteroatoms. The van der Waals surface area contributed by atoms with Crippen LogP contribution in [0.2, 0.25) is 0 Å². The highest BCUT2D eigenvalue weighted by atomic mass is 32.1. The number of aromatic hydroxyl groups is 1. The fourth-order valence-corrected chi connectivity index (χ4v) is 4.90. The van der Waals surface area contributed by atoms with Gasteiger partial charge in [0, 0.05) is 16.0 Å². The molecule has 0 atom stereocenters. The van der Waals surface area contributed by atoms with Crippen molar-refractivity contribution in [1.82, 2.24) is 0 Å². The lowest BCUT2D eigenvalue weighted by atomic mass is 9.98. The number of benzene rings is 3. The Labute approximate surface area is 206 Å². The van der Waals surface area contributed by atoms with E-state index in [9.17, 15) is 36.2 Å². The average Bonchev–Trinajstić information content (AvgIpc) is 3.23. The Bertz CT molecular complexity index is 1360. The van der Waals surface area contributed by atoms with Crippen LogP contribution >= 0.6 is 11.3 Å². The van der Waals surface area contributed by atoms with Crippen molar-refractivity contribution in [2.24, 2.45) is 0 Å². The Kier molecular flexibility index (Phi) is 6.99. The molecule has 3 nitrogen and oxygen atoms in total. The molecule has 0 bridgehead atoms. The SMILES string of the molecule is O=C(CCC(F)(F)F)N(Cc1cc2ccccc2s1)c1cc(-c2ccccc2C(F)(F)F)ccc1O. The highest BCUT2D eigenvalue weighted by Gasteiger charge is 2.34. The minimum Gasteiger partial charge on any atom is -0.506 e. The Morgan fingerprint density at radius 1 is 0.889 bits per heavy atom. The molecule has 0 unspecified atom stereocenters. The van der Waals surface area contributed by atoms with E-state index in [1.165, 1.54) is 41.7 Å². The number of phenolic OH excluding ortho intramolecular Hbond substituents is 1. The molecule has 1 N–H and O–H groups in total.